The fourth-order valence-electron chi connectivity index (χ4n) is 1.32. The van der Waals surface area contributed by atoms with Gasteiger partial charge in [0, 0.05) is 10.6 Å². The number of thioether (sulfide) groups is 1. The molecule has 1 atom stereocenters. The number of hydrogen-bond donors (Lipinski definition) is 0. The summed E-state index contributed by atoms with van der Waals surface area (Å²) in [6.07, 6.45) is 1.28. The topological polar surface area (TPSA) is 3.24 Å². The van der Waals surface area contributed by atoms with Crippen molar-refractivity contribution >= 4 is 11.8 Å². The monoisotopic (exact) mass is 223 g/mol. The van der Waals surface area contributed by atoms with Gasteiger partial charge in [-0.05, 0) is 45.1 Å². The summed E-state index contributed by atoms with van der Waals surface area (Å²) in [6.45, 7) is 3.52. The highest BCUT2D eigenvalue weighted by atomic mass is 32.2. The van der Waals surface area contributed by atoms with Crippen LogP contribution in [0, 0.1) is 5.92 Å². The van der Waals surface area contributed by atoms with Crippen molar-refractivity contribution in [2.75, 3.05) is 26.4 Å². The van der Waals surface area contributed by atoms with Crippen LogP contribution in [0.15, 0.2) is 35.2 Å². The van der Waals surface area contributed by atoms with E-state index in [-0.39, 0.29) is 0 Å². The minimum Gasteiger partial charge on any atom is -0.309 e. The molecular formula is C13H21NS. The van der Waals surface area contributed by atoms with Crippen LogP contribution in [0.2, 0.25) is 0 Å². The average molecular weight is 223 g/mol. The second-order valence-corrected chi connectivity index (χ2v) is 5.41. The molecule has 84 valence electrons. The van der Waals surface area contributed by atoms with Gasteiger partial charge >= 0.3 is 0 Å². The van der Waals surface area contributed by atoms with Crippen LogP contribution in [0.1, 0.15) is 13.3 Å². The van der Waals surface area contributed by atoms with Crippen LogP contribution in [-0.2, 0) is 0 Å². The minimum absolute atomic E-state index is 0.789. The average Bonchev–Trinajstić information content (AvgIpc) is 2.25. The summed E-state index contributed by atoms with van der Waals surface area (Å²) in [5, 5.41) is 0. The normalized spacial score (nSPS) is 13.1. The molecule has 0 bridgehead atoms. The van der Waals surface area contributed by atoms with Gasteiger partial charge in [-0.15, -0.1) is 11.8 Å². The van der Waals surface area contributed by atoms with Gasteiger partial charge in [-0.1, -0.05) is 25.1 Å². The molecule has 0 saturated heterocycles. The molecule has 0 unspecified atom stereocenters. The molecule has 0 aliphatic heterocycles. The van der Waals surface area contributed by atoms with E-state index in [1.54, 1.807) is 0 Å². The smallest absolute Gasteiger partial charge is 0.00720 e. The van der Waals surface area contributed by atoms with Gasteiger partial charge in [0.15, 0.2) is 0 Å². The molecule has 0 saturated carbocycles. The van der Waals surface area contributed by atoms with Crippen LogP contribution >= 0.6 is 11.8 Å². The van der Waals surface area contributed by atoms with Gasteiger partial charge in [0.25, 0.3) is 0 Å². The second kappa shape index (κ2) is 6.91. The molecule has 0 N–H and O–H groups in total. The summed E-state index contributed by atoms with van der Waals surface area (Å²) in [7, 11) is 4.27. The largest absolute Gasteiger partial charge is 0.309 e. The van der Waals surface area contributed by atoms with Crippen molar-refractivity contribution in [2.45, 2.75) is 18.2 Å². The lowest BCUT2D eigenvalue weighted by Gasteiger charge is -2.14. The van der Waals surface area contributed by atoms with Gasteiger partial charge in [-0.2, -0.15) is 0 Å². The van der Waals surface area contributed by atoms with Gasteiger partial charge in [0.2, 0.25) is 0 Å². The van der Waals surface area contributed by atoms with Gasteiger partial charge in [-0.25, -0.2) is 0 Å². The summed E-state index contributed by atoms with van der Waals surface area (Å²) in [5.74, 6) is 2.01. The molecule has 0 heterocycles. The standard InChI is InChI=1S/C13H21NS/c1-12(9-10-14(2)3)11-15-13-7-5-4-6-8-13/h4-8,12H,9-11H2,1-3H3/t12-/m1/s1. The Morgan fingerprint density at radius 1 is 1.20 bits per heavy atom. The molecule has 0 aliphatic rings. The Morgan fingerprint density at radius 2 is 1.87 bits per heavy atom. The molecule has 15 heavy (non-hydrogen) atoms. The third-order valence-electron chi connectivity index (χ3n) is 2.35. The first-order chi connectivity index (χ1) is 7.18. The fourth-order valence-corrected chi connectivity index (χ4v) is 2.31. The number of benzene rings is 1. The molecule has 1 nitrogen and oxygen atoms in total. The van der Waals surface area contributed by atoms with Gasteiger partial charge in [0.05, 0.1) is 0 Å². The van der Waals surface area contributed by atoms with Crippen molar-refractivity contribution < 1.29 is 0 Å². The van der Waals surface area contributed by atoms with E-state index in [1.165, 1.54) is 23.6 Å². The molecule has 1 aromatic carbocycles. The van der Waals surface area contributed by atoms with Crippen molar-refractivity contribution in [1.82, 2.24) is 4.90 Å². The van der Waals surface area contributed by atoms with E-state index in [0.717, 1.165) is 5.92 Å². The molecule has 0 aromatic heterocycles. The van der Waals surface area contributed by atoms with Crippen molar-refractivity contribution in [2.24, 2.45) is 5.92 Å². The zero-order valence-electron chi connectivity index (χ0n) is 9.94. The lowest BCUT2D eigenvalue weighted by molar-refractivity contribution is 0.371. The minimum atomic E-state index is 0.789. The van der Waals surface area contributed by atoms with Gasteiger partial charge in [-0.3, -0.25) is 0 Å². The van der Waals surface area contributed by atoms with E-state index in [1.807, 2.05) is 11.8 Å². The number of nitrogens with zero attached hydrogens (tertiary/aromatic N) is 1. The molecule has 2 heteroatoms. The predicted molar refractivity (Wildman–Crippen MR) is 69.5 cm³/mol. The molecule has 1 rings (SSSR count). The molecule has 1 aromatic rings. The van der Waals surface area contributed by atoms with E-state index in [0.29, 0.717) is 0 Å². The Balaban J connectivity index is 2.19. The van der Waals surface area contributed by atoms with Crippen molar-refractivity contribution in [1.29, 1.82) is 0 Å². The van der Waals surface area contributed by atoms with Crippen LogP contribution in [0.4, 0.5) is 0 Å². The highest BCUT2D eigenvalue weighted by Crippen LogP contribution is 2.21. The Labute approximate surface area is 97.9 Å². The van der Waals surface area contributed by atoms with Crippen molar-refractivity contribution in [3.05, 3.63) is 30.3 Å². The lowest BCUT2D eigenvalue weighted by Crippen LogP contribution is -2.16. The molecule has 0 radical (unpaired) electrons. The zero-order valence-corrected chi connectivity index (χ0v) is 10.8. The van der Waals surface area contributed by atoms with Crippen molar-refractivity contribution in [3.8, 4) is 0 Å². The summed E-state index contributed by atoms with van der Waals surface area (Å²) < 4.78 is 0. The van der Waals surface area contributed by atoms with Crippen LogP contribution in [0.5, 0.6) is 0 Å². The summed E-state index contributed by atoms with van der Waals surface area (Å²) >= 11 is 1.96. The third kappa shape index (κ3) is 5.85. The van der Waals surface area contributed by atoms with E-state index < -0.39 is 0 Å². The van der Waals surface area contributed by atoms with Gasteiger partial charge in [0.1, 0.15) is 0 Å². The van der Waals surface area contributed by atoms with Crippen LogP contribution in [-0.4, -0.2) is 31.3 Å². The van der Waals surface area contributed by atoms with Crippen molar-refractivity contribution in [3.63, 3.8) is 0 Å². The molecule has 0 spiro atoms. The predicted octanol–water partition coefficient (Wildman–Crippen LogP) is 3.37. The Hall–Kier alpha value is -0.470. The zero-order chi connectivity index (χ0) is 11.1. The van der Waals surface area contributed by atoms with Gasteiger partial charge < -0.3 is 4.90 Å². The van der Waals surface area contributed by atoms with Crippen LogP contribution in [0.25, 0.3) is 0 Å². The Kier molecular flexibility index (Phi) is 5.81. The van der Waals surface area contributed by atoms with E-state index in [4.69, 9.17) is 0 Å². The maximum Gasteiger partial charge on any atom is 0.00720 e. The fraction of sp³-hybridized carbons (Fsp3) is 0.538. The highest BCUT2D eigenvalue weighted by Gasteiger charge is 2.03. The van der Waals surface area contributed by atoms with Crippen LogP contribution in [0.3, 0.4) is 0 Å². The SMILES string of the molecule is C[C@H](CCN(C)C)CSc1ccccc1. The van der Waals surface area contributed by atoms with E-state index >= 15 is 0 Å². The van der Waals surface area contributed by atoms with E-state index in [2.05, 4.69) is 56.3 Å². The van der Waals surface area contributed by atoms with Crippen LogP contribution < -0.4 is 0 Å². The number of rotatable bonds is 6. The second-order valence-electron chi connectivity index (χ2n) is 4.32. The third-order valence-corrected chi connectivity index (χ3v) is 3.69. The highest BCUT2D eigenvalue weighted by molar-refractivity contribution is 7.99. The first kappa shape index (κ1) is 12.6. The Morgan fingerprint density at radius 3 is 2.47 bits per heavy atom. The quantitative estimate of drug-likeness (QED) is 0.680. The first-order valence-corrected chi connectivity index (χ1v) is 6.49. The number of hydrogen-bond acceptors (Lipinski definition) is 2. The molecule has 0 amide bonds. The summed E-state index contributed by atoms with van der Waals surface area (Å²) in [4.78, 5) is 3.64. The molecular weight excluding hydrogens is 202 g/mol. The maximum absolute atomic E-state index is 2.33. The maximum atomic E-state index is 2.33. The molecule has 0 fully saturated rings. The molecule has 0 aliphatic carbocycles. The lowest BCUT2D eigenvalue weighted by atomic mass is 10.1. The summed E-state index contributed by atoms with van der Waals surface area (Å²) in [6, 6.07) is 10.6. The Bertz CT molecular complexity index is 258. The summed E-state index contributed by atoms with van der Waals surface area (Å²) in [5.41, 5.74) is 0. The van der Waals surface area contributed by atoms with E-state index in [9.17, 15) is 0 Å². The first-order valence-electron chi connectivity index (χ1n) is 5.51.